The maximum absolute atomic E-state index is 5.36. The summed E-state index contributed by atoms with van der Waals surface area (Å²) in [4.78, 5) is 13.1. The Bertz CT molecular complexity index is 607. The second-order valence-electron chi connectivity index (χ2n) is 5.20. The molecule has 6 heteroatoms. The number of nitrogens with zero attached hydrogens (tertiary/aromatic N) is 4. The first-order valence-electron chi connectivity index (χ1n) is 7.12. The van der Waals surface area contributed by atoms with Crippen LogP contribution in [0.1, 0.15) is 5.56 Å². The van der Waals surface area contributed by atoms with Crippen LogP contribution in [0.25, 0.3) is 0 Å². The molecule has 2 heterocycles. The van der Waals surface area contributed by atoms with Gasteiger partial charge in [0.1, 0.15) is 5.82 Å². The van der Waals surface area contributed by atoms with Gasteiger partial charge in [-0.05, 0) is 30.7 Å². The van der Waals surface area contributed by atoms with E-state index in [1.54, 1.807) is 6.20 Å². The summed E-state index contributed by atoms with van der Waals surface area (Å²) in [7, 11) is 0. The van der Waals surface area contributed by atoms with E-state index in [2.05, 4.69) is 56.4 Å². The van der Waals surface area contributed by atoms with E-state index in [9.17, 15) is 0 Å². The Morgan fingerprint density at radius 3 is 2.57 bits per heavy atom. The van der Waals surface area contributed by atoms with Crippen LogP contribution in [-0.2, 0) is 0 Å². The predicted octanol–water partition coefficient (Wildman–Crippen LogP) is 1.40. The molecule has 2 aromatic rings. The molecule has 0 saturated carbocycles. The lowest BCUT2D eigenvalue weighted by Gasteiger charge is -2.36. The van der Waals surface area contributed by atoms with Crippen LogP contribution in [0.5, 0.6) is 0 Å². The average Bonchev–Trinajstić information content (AvgIpc) is 2.55. The van der Waals surface area contributed by atoms with Crippen molar-refractivity contribution in [2.45, 2.75) is 6.92 Å². The minimum atomic E-state index is 0.452. The molecule has 1 aliphatic heterocycles. The number of rotatable bonds is 3. The summed E-state index contributed by atoms with van der Waals surface area (Å²) in [6.07, 6.45) is 1.73. The number of anilines is 3. The third kappa shape index (κ3) is 3.05. The van der Waals surface area contributed by atoms with Crippen LogP contribution >= 0.6 is 0 Å². The number of hydrogen-bond acceptors (Lipinski definition) is 6. The van der Waals surface area contributed by atoms with Crippen LogP contribution in [0, 0.1) is 6.92 Å². The van der Waals surface area contributed by atoms with Crippen LogP contribution in [0.15, 0.2) is 36.5 Å². The molecule has 1 aromatic carbocycles. The quantitative estimate of drug-likeness (QED) is 0.656. The number of nitrogen functional groups attached to an aromatic ring is 1. The van der Waals surface area contributed by atoms with E-state index in [1.165, 1.54) is 11.3 Å². The fourth-order valence-corrected chi connectivity index (χ4v) is 2.61. The number of hydrazine groups is 1. The summed E-state index contributed by atoms with van der Waals surface area (Å²) < 4.78 is 0. The summed E-state index contributed by atoms with van der Waals surface area (Å²) in [6.45, 7) is 5.98. The number of nitrogens with two attached hydrogens (primary N) is 1. The third-order valence-corrected chi connectivity index (χ3v) is 3.74. The molecule has 21 heavy (non-hydrogen) atoms. The summed E-state index contributed by atoms with van der Waals surface area (Å²) in [5.74, 6) is 6.73. The minimum absolute atomic E-state index is 0.452. The van der Waals surface area contributed by atoms with Gasteiger partial charge in [0.2, 0.25) is 5.95 Å². The molecule has 0 spiro atoms. The second-order valence-corrected chi connectivity index (χ2v) is 5.20. The van der Waals surface area contributed by atoms with E-state index in [0.29, 0.717) is 5.95 Å². The molecule has 0 radical (unpaired) electrons. The standard InChI is InChI=1S/C15H20N6/c1-12-3-2-4-13(11-12)20-7-9-21(10-8-20)14-5-6-17-15(18-14)19-16/h2-6,11H,7-10,16H2,1H3,(H,17,18,19). The smallest absolute Gasteiger partial charge is 0.239 e. The van der Waals surface area contributed by atoms with Crippen molar-refractivity contribution in [3.8, 4) is 0 Å². The molecule has 6 nitrogen and oxygen atoms in total. The Balaban J connectivity index is 1.67. The highest BCUT2D eigenvalue weighted by Crippen LogP contribution is 2.20. The van der Waals surface area contributed by atoms with Gasteiger partial charge in [-0.3, -0.25) is 5.43 Å². The summed E-state index contributed by atoms with van der Waals surface area (Å²) in [5.41, 5.74) is 5.08. The highest BCUT2D eigenvalue weighted by Gasteiger charge is 2.18. The Hall–Kier alpha value is -2.34. The van der Waals surface area contributed by atoms with Crippen LogP contribution in [0.2, 0.25) is 0 Å². The Morgan fingerprint density at radius 2 is 1.86 bits per heavy atom. The zero-order valence-electron chi connectivity index (χ0n) is 12.2. The number of aryl methyl sites for hydroxylation is 1. The van der Waals surface area contributed by atoms with E-state index in [0.717, 1.165) is 32.0 Å². The van der Waals surface area contributed by atoms with Crippen LogP contribution in [-0.4, -0.2) is 36.1 Å². The second kappa shape index (κ2) is 5.97. The maximum Gasteiger partial charge on any atom is 0.239 e. The molecule has 0 unspecified atom stereocenters. The van der Waals surface area contributed by atoms with Crippen molar-refractivity contribution < 1.29 is 0 Å². The van der Waals surface area contributed by atoms with Crippen molar-refractivity contribution in [2.75, 3.05) is 41.4 Å². The number of hydrogen-bond donors (Lipinski definition) is 2. The Morgan fingerprint density at radius 1 is 1.10 bits per heavy atom. The van der Waals surface area contributed by atoms with Crippen molar-refractivity contribution in [1.82, 2.24) is 9.97 Å². The van der Waals surface area contributed by atoms with Crippen LogP contribution in [0.4, 0.5) is 17.5 Å². The molecule has 1 aliphatic rings. The predicted molar refractivity (Wildman–Crippen MR) is 85.4 cm³/mol. The molecule has 3 N–H and O–H groups in total. The van der Waals surface area contributed by atoms with Crippen molar-refractivity contribution in [3.05, 3.63) is 42.1 Å². The molecule has 0 bridgehead atoms. The number of aromatic nitrogens is 2. The lowest BCUT2D eigenvalue weighted by Crippen LogP contribution is -2.46. The van der Waals surface area contributed by atoms with Crippen molar-refractivity contribution in [3.63, 3.8) is 0 Å². The van der Waals surface area contributed by atoms with Gasteiger partial charge in [-0.1, -0.05) is 12.1 Å². The summed E-state index contributed by atoms with van der Waals surface area (Å²) >= 11 is 0. The first-order chi connectivity index (χ1) is 10.3. The van der Waals surface area contributed by atoms with Gasteiger partial charge in [0, 0.05) is 38.1 Å². The topological polar surface area (TPSA) is 70.3 Å². The van der Waals surface area contributed by atoms with E-state index in [1.807, 2.05) is 6.07 Å². The molecular weight excluding hydrogens is 264 g/mol. The van der Waals surface area contributed by atoms with E-state index in [4.69, 9.17) is 5.84 Å². The van der Waals surface area contributed by atoms with Gasteiger partial charge in [-0.25, -0.2) is 10.8 Å². The van der Waals surface area contributed by atoms with E-state index in [-0.39, 0.29) is 0 Å². The van der Waals surface area contributed by atoms with Crippen molar-refractivity contribution in [2.24, 2.45) is 5.84 Å². The van der Waals surface area contributed by atoms with Crippen LogP contribution < -0.4 is 21.1 Å². The van der Waals surface area contributed by atoms with Crippen molar-refractivity contribution in [1.29, 1.82) is 0 Å². The van der Waals surface area contributed by atoms with Gasteiger partial charge in [-0.15, -0.1) is 0 Å². The lowest BCUT2D eigenvalue weighted by atomic mass is 10.2. The lowest BCUT2D eigenvalue weighted by molar-refractivity contribution is 0.647. The zero-order chi connectivity index (χ0) is 14.7. The maximum atomic E-state index is 5.36. The number of piperazine rings is 1. The largest absolute Gasteiger partial charge is 0.368 e. The third-order valence-electron chi connectivity index (χ3n) is 3.74. The fraction of sp³-hybridized carbons (Fsp3) is 0.333. The molecule has 0 aliphatic carbocycles. The molecule has 3 rings (SSSR count). The van der Waals surface area contributed by atoms with Crippen LogP contribution in [0.3, 0.4) is 0 Å². The molecule has 1 fully saturated rings. The minimum Gasteiger partial charge on any atom is -0.368 e. The Kier molecular flexibility index (Phi) is 3.87. The molecule has 1 saturated heterocycles. The average molecular weight is 284 g/mol. The van der Waals surface area contributed by atoms with Gasteiger partial charge < -0.3 is 9.80 Å². The number of nitrogens with one attached hydrogen (secondary N) is 1. The monoisotopic (exact) mass is 284 g/mol. The normalized spacial score (nSPS) is 15.1. The summed E-state index contributed by atoms with van der Waals surface area (Å²) in [6, 6.07) is 10.6. The molecule has 0 atom stereocenters. The van der Waals surface area contributed by atoms with Gasteiger partial charge in [0.25, 0.3) is 0 Å². The zero-order valence-corrected chi connectivity index (χ0v) is 12.2. The first kappa shape index (κ1) is 13.6. The molecule has 110 valence electrons. The van der Waals surface area contributed by atoms with Gasteiger partial charge >= 0.3 is 0 Å². The number of benzene rings is 1. The highest BCUT2D eigenvalue weighted by molar-refractivity contribution is 5.51. The highest BCUT2D eigenvalue weighted by atomic mass is 15.3. The van der Waals surface area contributed by atoms with Crippen molar-refractivity contribution >= 4 is 17.5 Å². The van der Waals surface area contributed by atoms with E-state index >= 15 is 0 Å². The van der Waals surface area contributed by atoms with Gasteiger partial charge in [0.05, 0.1) is 0 Å². The van der Waals surface area contributed by atoms with Gasteiger partial charge in [-0.2, -0.15) is 4.98 Å². The molecule has 0 amide bonds. The molecule has 1 aromatic heterocycles. The Labute approximate surface area is 124 Å². The molecular formula is C15H20N6. The first-order valence-corrected chi connectivity index (χ1v) is 7.12. The SMILES string of the molecule is Cc1cccc(N2CCN(c3ccnc(NN)n3)CC2)c1. The van der Waals surface area contributed by atoms with Gasteiger partial charge in [0.15, 0.2) is 0 Å². The fourth-order valence-electron chi connectivity index (χ4n) is 2.61. The summed E-state index contributed by atoms with van der Waals surface area (Å²) in [5, 5.41) is 0. The van der Waals surface area contributed by atoms with E-state index < -0.39 is 0 Å².